The molecule has 0 aliphatic heterocycles. The Morgan fingerprint density at radius 1 is 1.60 bits per heavy atom. The number of hydrogen-bond donors (Lipinski definition) is 0. The highest BCUT2D eigenvalue weighted by Gasteiger charge is 2.24. The van der Waals surface area contributed by atoms with Crippen LogP contribution < -0.4 is 4.90 Å². The van der Waals surface area contributed by atoms with E-state index in [1.807, 2.05) is 13.8 Å². The number of carbonyl (C=O) groups is 1. The molecule has 7 nitrogen and oxygen atoms in total. The minimum absolute atomic E-state index is 0.0304. The molecule has 0 amide bonds. The average molecular weight is 279 g/mol. The minimum Gasteiger partial charge on any atom is -0.464 e. The second-order valence-corrected chi connectivity index (χ2v) is 4.32. The number of pyridine rings is 1. The standard InChI is InChI=1S/C13H17N3O4/c1-5-8-15(9(2)3)12-11(16(18)19)7-6-10(14-12)13(17)20-4/h5-7,9H,1,8H2,2-4H3. The SMILES string of the molecule is C=CCN(c1nc(C(=O)OC)ccc1[N+](=O)[O-])C(C)C. The molecule has 0 spiro atoms. The Morgan fingerprint density at radius 2 is 2.25 bits per heavy atom. The fraction of sp³-hybridized carbons (Fsp3) is 0.385. The first-order valence-corrected chi connectivity index (χ1v) is 6.03. The van der Waals surface area contributed by atoms with E-state index in [1.165, 1.54) is 19.2 Å². The molecule has 0 fully saturated rings. The fourth-order valence-electron chi connectivity index (χ4n) is 1.69. The molecule has 1 aromatic rings. The van der Waals surface area contributed by atoms with E-state index < -0.39 is 10.9 Å². The van der Waals surface area contributed by atoms with E-state index in [2.05, 4.69) is 16.3 Å². The molecule has 0 bridgehead atoms. The van der Waals surface area contributed by atoms with Gasteiger partial charge in [-0.1, -0.05) is 6.08 Å². The molecule has 7 heteroatoms. The highest BCUT2D eigenvalue weighted by Crippen LogP contribution is 2.27. The van der Waals surface area contributed by atoms with Crippen molar-refractivity contribution in [1.82, 2.24) is 4.98 Å². The lowest BCUT2D eigenvalue weighted by atomic mass is 10.2. The van der Waals surface area contributed by atoms with Crippen LogP contribution in [0.2, 0.25) is 0 Å². The van der Waals surface area contributed by atoms with E-state index in [-0.39, 0.29) is 23.2 Å². The molecular weight excluding hydrogens is 262 g/mol. The van der Waals surface area contributed by atoms with Gasteiger partial charge in [-0.05, 0) is 19.9 Å². The maximum atomic E-state index is 11.5. The summed E-state index contributed by atoms with van der Waals surface area (Å²) in [6.07, 6.45) is 1.62. The number of nitrogens with zero attached hydrogens (tertiary/aromatic N) is 3. The molecule has 1 aromatic heterocycles. The molecule has 0 radical (unpaired) electrons. The zero-order chi connectivity index (χ0) is 15.3. The number of esters is 1. The van der Waals surface area contributed by atoms with Crippen LogP contribution in [0.25, 0.3) is 0 Å². The van der Waals surface area contributed by atoms with Gasteiger partial charge in [-0.25, -0.2) is 9.78 Å². The van der Waals surface area contributed by atoms with Crippen molar-refractivity contribution in [3.63, 3.8) is 0 Å². The van der Waals surface area contributed by atoms with Gasteiger partial charge in [0.25, 0.3) is 0 Å². The lowest BCUT2D eigenvalue weighted by Crippen LogP contribution is -2.32. The summed E-state index contributed by atoms with van der Waals surface area (Å²) in [6.45, 7) is 7.76. The maximum Gasteiger partial charge on any atom is 0.356 e. The van der Waals surface area contributed by atoms with Crippen molar-refractivity contribution in [1.29, 1.82) is 0 Å². The van der Waals surface area contributed by atoms with Crippen molar-refractivity contribution in [2.24, 2.45) is 0 Å². The van der Waals surface area contributed by atoms with Crippen LogP contribution in [0, 0.1) is 10.1 Å². The first-order valence-electron chi connectivity index (χ1n) is 6.03. The molecular formula is C13H17N3O4. The average Bonchev–Trinajstić information content (AvgIpc) is 2.42. The first-order chi connectivity index (χ1) is 9.42. The molecule has 1 heterocycles. The van der Waals surface area contributed by atoms with Crippen LogP contribution in [0.15, 0.2) is 24.8 Å². The van der Waals surface area contributed by atoms with E-state index in [9.17, 15) is 14.9 Å². The summed E-state index contributed by atoms with van der Waals surface area (Å²) >= 11 is 0. The van der Waals surface area contributed by atoms with Crippen molar-refractivity contribution in [2.75, 3.05) is 18.6 Å². The highest BCUT2D eigenvalue weighted by atomic mass is 16.6. The first kappa shape index (κ1) is 15.6. The van der Waals surface area contributed by atoms with Crippen LogP contribution in [-0.4, -0.2) is 35.6 Å². The molecule has 0 saturated carbocycles. The van der Waals surface area contributed by atoms with Gasteiger partial charge in [0, 0.05) is 18.7 Å². The summed E-state index contributed by atoms with van der Waals surface area (Å²) in [6, 6.07) is 2.50. The molecule has 0 aromatic carbocycles. The number of nitro groups is 1. The molecule has 20 heavy (non-hydrogen) atoms. The lowest BCUT2D eigenvalue weighted by molar-refractivity contribution is -0.384. The normalized spacial score (nSPS) is 10.2. The highest BCUT2D eigenvalue weighted by molar-refractivity contribution is 5.88. The predicted octanol–water partition coefficient (Wildman–Crippen LogP) is 2.18. The fourth-order valence-corrected chi connectivity index (χ4v) is 1.69. The van der Waals surface area contributed by atoms with Gasteiger partial charge in [0.15, 0.2) is 5.69 Å². The maximum absolute atomic E-state index is 11.5. The Labute approximate surface area is 117 Å². The van der Waals surface area contributed by atoms with Crippen molar-refractivity contribution >= 4 is 17.5 Å². The smallest absolute Gasteiger partial charge is 0.356 e. The number of aromatic nitrogens is 1. The van der Waals surface area contributed by atoms with Crippen molar-refractivity contribution < 1.29 is 14.5 Å². The van der Waals surface area contributed by atoms with E-state index in [0.717, 1.165) is 0 Å². The summed E-state index contributed by atoms with van der Waals surface area (Å²) in [4.78, 5) is 27.8. The van der Waals surface area contributed by atoms with Crippen LogP contribution in [-0.2, 0) is 4.74 Å². The van der Waals surface area contributed by atoms with Gasteiger partial charge in [-0.2, -0.15) is 0 Å². The molecule has 0 aliphatic rings. The number of rotatable bonds is 6. The van der Waals surface area contributed by atoms with Crippen LogP contribution in [0.1, 0.15) is 24.3 Å². The van der Waals surface area contributed by atoms with Crippen LogP contribution in [0.4, 0.5) is 11.5 Å². The second-order valence-electron chi connectivity index (χ2n) is 4.32. The van der Waals surface area contributed by atoms with E-state index in [1.54, 1.807) is 11.0 Å². The molecule has 108 valence electrons. The Kier molecular flexibility index (Phi) is 5.19. The van der Waals surface area contributed by atoms with E-state index in [4.69, 9.17) is 0 Å². The predicted molar refractivity (Wildman–Crippen MR) is 74.9 cm³/mol. The summed E-state index contributed by atoms with van der Waals surface area (Å²) in [7, 11) is 1.23. The van der Waals surface area contributed by atoms with Gasteiger partial charge in [0.2, 0.25) is 5.82 Å². The van der Waals surface area contributed by atoms with Gasteiger partial charge >= 0.3 is 11.7 Å². The molecule has 0 aliphatic carbocycles. The summed E-state index contributed by atoms with van der Waals surface area (Å²) in [5.74, 6) is -0.503. The lowest BCUT2D eigenvalue weighted by Gasteiger charge is -2.26. The van der Waals surface area contributed by atoms with Crippen molar-refractivity contribution in [3.05, 3.63) is 40.6 Å². The quantitative estimate of drug-likeness (QED) is 0.343. The molecule has 0 atom stereocenters. The Balaban J connectivity index is 3.40. The summed E-state index contributed by atoms with van der Waals surface area (Å²) in [5, 5.41) is 11.1. The Bertz CT molecular complexity index is 528. The number of ether oxygens (including phenoxy) is 1. The van der Waals surface area contributed by atoms with E-state index >= 15 is 0 Å². The molecule has 0 N–H and O–H groups in total. The number of methoxy groups -OCH3 is 1. The monoisotopic (exact) mass is 279 g/mol. The van der Waals surface area contributed by atoms with Gasteiger partial charge in [-0.3, -0.25) is 10.1 Å². The topological polar surface area (TPSA) is 85.6 Å². The van der Waals surface area contributed by atoms with Gasteiger partial charge < -0.3 is 9.64 Å². The van der Waals surface area contributed by atoms with Crippen molar-refractivity contribution in [3.8, 4) is 0 Å². The van der Waals surface area contributed by atoms with E-state index in [0.29, 0.717) is 6.54 Å². The van der Waals surface area contributed by atoms with Gasteiger partial charge in [0.05, 0.1) is 12.0 Å². The number of anilines is 1. The zero-order valence-corrected chi connectivity index (χ0v) is 11.7. The molecule has 1 rings (SSSR count). The largest absolute Gasteiger partial charge is 0.464 e. The number of carbonyl (C=O) groups excluding carboxylic acids is 1. The van der Waals surface area contributed by atoms with Crippen LogP contribution in [0.5, 0.6) is 0 Å². The third-order valence-corrected chi connectivity index (χ3v) is 2.67. The number of hydrogen-bond acceptors (Lipinski definition) is 6. The van der Waals surface area contributed by atoms with Gasteiger partial charge in [0.1, 0.15) is 0 Å². The third-order valence-electron chi connectivity index (χ3n) is 2.67. The van der Waals surface area contributed by atoms with Crippen LogP contribution in [0.3, 0.4) is 0 Å². The summed E-state index contributed by atoms with van der Waals surface area (Å²) < 4.78 is 4.58. The third kappa shape index (κ3) is 3.31. The Morgan fingerprint density at radius 3 is 2.70 bits per heavy atom. The summed E-state index contributed by atoms with van der Waals surface area (Å²) in [5.41, 5.74) is -0.129. The van der Waals surface area contributed by atoms with Crippen molar-refractivity contribution in [2.45, 2.75) is 19.9 Å². The second kappa shape index (κ2) is 6.65. The van der Waals surface area contributed by atoms with Gasteiger partial charge in [-0.15, -0.1) is 6.58 Å². The zero-order valence-electron chi connectivity index (χ0n) is 11.7. The van der Waals surface area contributed by atoms with Crippen LogP contribution >= 0.6 is 0 Å². The molecule has 0 unspecified atom stereocenters. The molecule has 0 saturated heterocycles. The Hall–Kier alpha value is -2.44. The minimum atomic E-state index is -0.636.